The lowest BCUT2D eigenvalue weighted by Gasteiger charge is -2.26. The summed E-state index contributed by atoms with van der Waals surface area (Å²) >= 11 is 1.07. The van der Waals surface area contributed by atoms with Crippen LogP contribution >= 0.6 is 11.3 Å². The molecule has 176 valence electrons. The highest BCUT2D eigenvalue weighted by Gasteiger charge is 2.19. The molecule has 0 atom stereocenters. The lowest BCUT2D eigenvalue weighted by molar-refractivity contribution is 0.0751. The lowest BCUT2D eigenvalue weighted by Crippen LogP contribution is -2.42. The molecule has 1 aromatic heterocycles. The van der Waals surface area contributed by atoms with Crippen molar-refractivity contribution in [2.75, 3.05) is 32.8 Å². The number of amides is 1. The molecule has 0 radical (unpaired) electrons. The molecule has 1 saturated heterocycles. The number of aromatic hydroxyl groups is 1. The molecule has 3 N–H and O–H groups in total. The van der Waals surface area contributed by atoms with E-state index < -0.39 is 0 Å². The quantitative estimate of drug-likeness (QED) is 0.443. The van der Waals surface area contributed by atoms with E-state index in [0.29, 0.717) is 37.6 Å². The van der Waals surface area contributed by atoms with Crippen molar-refractivity contribution in [3.8, 4) is 5.75 Å². The lowest BCUT2D eigenvalue weighted by atomic mass is 10.1. The second-order valence-corrected chi connectivity index (χ2v) is 9.06. The first-order valence-electron chi connectivity index (χ1n) is 11.2. The molecule has 8 nitrogen and oxygen atoms in total. The van der Waals surface area contributed by atoms with Crippen LogP contribution < -0.4 is 10.2 Å². The van der Waals surface area contributed by atoms with Crippen LogP contribution in [0.5, 0.6) is 5.75 Å². The van der Waals surface area contributed by atoms with Gasteiger partial charge in [-0.3, -0.25) is 4.79 Å². The second-order valence-electron chi connectivity index (χ2n) is 8.08. The number of hydrogen-bond donors (Lipinski definition) is 3. The van der Waals surface area contributed by atoms with Crippen molar-refractivity contribution in [1.29, 1.82) is 0 Å². The summed E-state index contributed by atoms with van der Waals surface area (Å²) in [4.78, 5) is 28.9. The number of nitrogens with zero attached hydrogens (tertiary/aromatic N) is 1. The number of hydrogen-bond acceptors (Lipinski definition) is 7. The molecule has 2 heterocycles. The summed E-state index contributed by atoms with van der Waals surface area (Å²) in [6, 6.07) is 13.4. The van der Waals surface area contributed by atoms with Crippen LogP contribution in [-0.4, -0.2) is 60.0 Å². The van der Waals surface area contributed by atoms with Crippen LogP contribution in [0, 0.1) is 0 Å². The van der Waals surface area contributed by atoms with Gasteiger partial charge in [0.25, 0.3) is 0 Å². The number of carbonyl (C=O) groups is 1. The van der Waals surface area contributed by atoms with Gasteiger partial charge in [0, 0.05) is 38.9 Å². The number of thiazole rings is 1. The van der Waals surface area contributed by atoms with Gasteiger partial charge >= 0.3 is 11.0 Å². The monoisotopic (exact) mass is 471 g/mol. The normalized spacial score (nSPS) is 14.4. The topological polar surface area (TPSA) is 104 Å². The van der Waals surface area contributed by atoms with Gasteiger partial charge < -0.3 is 29.8 Å². The maximum Gasteiger partial charge on any atom is 0.410 e. The van der Waals surface area contributed by atoms with Gasteiger partial charge in [-0.1, -0.05) is 47.7 Å². The molecule has 1 aliphatic heterocycles. The summed E-state index contributed by atoms with van der Waals surface area (Å²) < 4.78 is 11.7. The maximum atomic E-state index is 12.9. The van der Waals surface area contributed by atoms with E-state index in [1.165, 1.54) is 0 Å². The van der Waals surface area contributed by atoms with Gasteiger partial charge in [0.1, 0.15) is 17.9 Å². The molecule has 2 aromatic carbocycles. The van der Waals surface area contributed by atoms with Crippen LogP contribution in [0.2, 0.25) is 0 Å². The first kappa shape index (κ1) is 23.3. The summed E-state index contributed by atoms with van der Waals surface area (Å²) in [6.45, 7) is 3.35. The SMILES string of the molecule is O=C(OCc1ccccc1)N(CCNC1CCOCC1)CCc1ccc(O)c2[nH]c(=O)sc12. The molecule has 1 fully saturated rings. The average molecular weight is 472 g/mol. The van der Waals surface area contributed by atoms with Gasteiger partial charge in [0.15, 0.2) is 0 Å². The van der Waals surface area contributed by atoms with E-state index >= 15 is 0 Å². The Kier molecular flexibility index (Phi) is 7.98. The predicted molar refractivity (Wildman–Crippen MR) is 128 cm³/mol. The van der Waals surface area contributed by atoms with Gasteiger partial charge in [-0.2, -0.15) is 0 Å². The van der Waals surface area contributed by atoms with Gasteiger partial charge in [0.2, 0.25) is 0 Å². The van der Waals surface area contributed by atoms with Crippen LogP contribution in [0.25, 0.3) is 10.2 Å². The highest BCUT2D eigenvalue weighted by atomic mass is 32.1. The highest BCUT2D eigenvalue weighted by molar-refractivity contribution is 7.16. The van der Waals surface area contributed by atoms with Crippen LogP contribution in [0.4, 0.5) is 4.79 Å². The van der Waals surface area contributed by atoms with Crippen molar-refractivity contribution in [2.45, 2.75) is 31.9 Å². The summed E-state index contributed by atoms with van der Waals surface area (Å²) in [5.74, 6) is 0.0480. The maximum absolute atomic E-state index is 12.9. The fraction of sp³-hybridized carbons (Fsp3) is 0.417. The van der Waals surface area contributed by atoms with Crippen molar-refractivity contribution >= 4 is 27.6 Å². The van der Waals surface area contributed by atoms with E-state index in [-0.39, 0.29) is 23.3 Å². The zero-order chi connectivity index (χ0) is 23.0. The number of nitrogens with one attached hydrogen (secondary N) is 2. The number of ether oxygens (including phenoxy) is 2. The largest absolute Gasteiger partial charge is 0.506 e. The summed E-state index contributed by atoms with van der Waals surface area (Å²) in [7, 11) is 0. The number of aromatic amines is 1. The number of aromatic nitrogens is 1. The number of rotatable bonds is 9. The molecule has 1 aliphatic rings. The number of fused-ring (bicyclic) bond motifs is 1. The molecule has 0 saturated carbocycles. The minimum atomic E-state index is -0.370. The molecular weight excluding hydrogens is 442 g/mol. The van der Waals surface area contributed by atoms with E-state index in [1.54, 1.807) is 17.0 Å². The van der Waals surface area contributed by atoms with Crippen molar-refractivity contribution in [1.82, 2.24) is 15.2 Å². The smallest absolute Gasteiger partial charge is 0.410 e. The van der Waals surface area contributed by atoms with Crippen LogP contribution in [-0.2, 0) is 22.5 Å². The zero-order valence-electron chi connectivity index (χ0n) is 18.4. The van der Waals surface area contributed by atoms with E-state index in [1.807, 2.05) is 30.3 Å². The molecule has 0 aliphatic carbocycles. The van der Waals surface area contributed by atoms with Gasteiger partial charge in [0.05, 0.1) is 4.70 Å². The third-order valence-electron chi connectivity index (χ3n) is 5.79. The Morgan fingerprint density at radius 2 is 1.97 bits per heavy atom. The Labute approximate surface area is 196 Å². The van der Waals surface area contributed by atoms with E-state index in [2.05, 4.69) is 10.3 Å². The van der Waals surface area contributed by atoms with E-state index in [4.69, 9.17) is 9.47 Å². The number of phenols is 1. The van der Waals surface area contributed by atoms with E-state index in [0.717, 1.165) is 53.2 Å². The molecule has 0 bridgehead atoms. The average Bonchev–Trinajstić information content (AvgIpc) is 3.24. The molecule has 33 heavy (non-hydrogen) atoms. The van der Waals surface area contributed by atoms with Gasteiger partial charge in [-0.15, -0.1) is 0 Å². The Morgan fingerprint density at radius 3 is 2.76 bits per heavy atom. The molecule has 0 spiro atoms. The van der Waals surface area contributed by atoms with E-state index in [9.17, 15) is 14.7 Å². The highest BCUT2D eigenvalue weighted by Crippen LogP contribution is 2.28. The first-order chi connectivity index (χ1) is 16.1. The fourth-order valence-corrected chi connectivity index (χ4v) is 4.83. The van der Waals surface area contributed by atoms with Gasteiger partial charge in [-0.05, 0) is 36.5 Å². The third-order valence-corrected chi connectivity index (χ3v) is 6.75. The standard InChI is InChI=1S/C24H29N3O5S/c28-20-7-6-18(22-21(20)26-23(29)33-22)8-12-27(13-11-25-19-9-14-31-15-10-19)24(30)32-16-17-4-2-1-3-5-17/h1-7,19,25,28H,8-16H2,(H,26,29). The molecular formula is C24H29N3O5S. The Balaban J connectivity index is 1.40. The number of H-pyrrole nitrogens is 1. The Bertz CT molecular complexity index is 1110. The van der Waals surface area contributed by atoms with Gasteiger partial charge in [-0.25, -0.2) is 4.79 Å². The minimum Gasteiger partial charge on any atom is -0.506 e. The fourth-order valence-electron chi connectivity index (χ4n) is 3.94. The zero-order valence-corrected chi connectivity index (χ0v) is 19.2. The minimum absolute atomic E-state index is 0.0480. The molecule has 3 aromatic rings. The van der Waals surface area contributed by atoms with Crippen molar-refractivity contribution in [2.24, 2.45) is 0 Å². The molecule has 4 rings (SSSR count). The Hall–Kier alpha value is -2.88. The van der Waals surface area contributed by atoms with Crippen molar-refractivity contribution < 1.29 is 19.4 Å². The number of phenolic OH excluding ortho intramolecular Hbond substituents is 1. The predicted octanol–water partition coefficient (Wildman–Crippen LogP) is 3.25. The van der Waals surface area contributed by atoms with Crippen molar-refractivity contribution in [3.05, 3.63) is 63.3 Å². The molecule has 1 amide bonds. The summed E-state index contributed by atoms with van der Waals surface area (Å²) in [5, 5.41) is 13.5. The van der Waals surface area contributed by atoms with Crippen LogP contribution in [0.3, 0.4) is 0 Å². The number of benzene rings is 2. The Morgan fingerprint density at radius 1 is 1.18 bits per heavy atom. The second kappa shape index (κ2) is 11.3. The van der Waals surface area contributed by atoms with Crippen LogP contribution in [0.15, 0.2) is 47.3 Å². The summed E-state index contributed by atoms with van der Waals surface area (Å²) in [6.07, 6.45) is 2.11. The third kappa shape index (κ3) is 6.34. The van der Waals surface area contributed by atoms with Crippen molar-refractivity contribution in [3.63, 3.8) is 0 Å². The first-order valence-corrected chi connectivity index (χ1v) is 12.0. The number of carbonyl (C=O) groups excluding carboxylic acids is 1. The van der Waals surface area contributed by atoms with Crippen LogP contribution in [0.1, 0.15) is 24.0 Å². The molecule has 9 heteroatoms. The molecule has 0 unspecified atom stereocenters. The summed E-state index contributed by atoms with van der Waals surface area (Å²) in [5.41, 5.74) is 2.29.